The third kappa shape index (κ3) is 3.95. The fraction of sp³-hybridized carbons (Fsp3) is 0.818. The molecule has 0 aromatic rings. The van der Waals surface area contributed by atoms with Gasteiger partial charge < -0.3 is 5.32 Å². The Morgan fingerprint density at radius 3 is 2.20 bits per heavy atom. The van der Waals surface area contributed by atoms with Gasteiger partial charge in [0, 0.05) is 12.3 Å². The molecule has 4 heteroatoms. The van der Waals surface area contributed by atoms with E-state index in [0.29, 0.717) is 0 Å². The lowest BCUT2D eigenvalue weighted by Gasteiger charge is -2.32. The van der Waals surface area contributed by atoms with Crippen molar-refractivity contribution in [3.05, 3.63) is 12.2 Å². The molecule has 1 atom stereocenters. The van der Waals surface area contributed by atoms with Gasteiger partial charge >= 0.3 is 0 Å². The van der Waals surface area contributed by atoms with Gasteiger partial charge in [0.1, 0.15) is 0 Å². The van der Waals surface area contributed by atoms with Gasteiger partial charge in [0.25, 0.3) is 0 Å². The predicted octanol–water partition coefficient (Wildman–Crippen LogP) is 1.75. The Bertz CT molecular complexity index is 317. The average Bonchev–Trinajstić information content (AvgIpc) is 2.02. The van der Waals surface area contributed by atoms with Gasteiger partial charge in [0.05, 0.1) is 4.75 Å². The molecule has 1 unspecified atom stereocenters. The summed E-state index contributed by atoms with van der Waals surface area (Å²) in [6, 6.07) is -0.0378. The largest absolute Gasteiger partial charge is 0.315 e. The number of rotatable bonds is 6. The topological polar surface area (TPSA) is 46.2 Å². The van der Waals surface area contributed by atoms with Crippen molar-refractivity contribution in [2.24, 2.45) is 0 Å². The molecule has 3 nitrogen and oxygen atoms in total. The summed E-state index contributed by atoms with van der Waals surface area (Å²) < 4.78 is 22.5. The highest BCUT2D eigenvalue weighted by Gasteiger charge is 2.37. The molecular formula is C11H23NO2S. The number of sulfone groups is 1. The molecule has 0 bridgehead atoms. The predicted molar refractivity (Wildman–Crippen MR) is 65.8 cm³/mol. The molecule has 1 N–H and O–H groups in total. The van der Waals surface area contributed by atoms with Crippen LogP contribution in [0.1, 0.15) is 33.6 Å². The van der Waals surface area contributed by atoms with E-state index in [1.54, 1.807) is 20.9 Å². The molecule has 0 aliphatic carbocycles. The molecule has 0 rings (SSSR count). The minimum absolute atomic E-state index is 0.0378. The normalized spacial score (nSPS) is 15.0. The van der Waals surface area contributed by atoms with E-state index in [4.69, 9.17) is 0 Å². The molecule has 0 aromatic heterocycles. The second-order valence-corrected chi connectivity index (χ2v) is 7.31. The van der Waals surface area contributed by atoms with E-state index < -0.39 is 14.6 Å². The van der Waals surface area contributed by atoms with Gasteiger partial charge in [0.15, 0.2) is 9.84 Å². The molecule has 0 fully saturated rings. The highest BCUT2D eigenvalue weighted by molar-refractivity contribution is 7.92. The molecular weight excluding hydrogens is 210 g/mol. The number of nitrogens with one attached hydrogen (secondary N) is 1. The van der Waals surface area contributed by atoms with Crippen LogP contribution >= 0.6 is 0 Å². The van der Waals surface area contributed by atoms with E-state index in [1.807, 2.05) is 6.92 Å². The molecule has 0 aliphatic heterocycles. The zero-order valence-electron chi connectivity index (χ0n) is 10.4. The number of allylic oxidation sites excluding steroid dienone is 1. The molecule has 0 saturated heterocycles. The fourth-order valence-electron chi connectivity index (χ4n) is 1.49. The van der Waals surface area contributed by atoms with Crippen LogP contribution in [0, 0.1) is 0 Å². The lowest BCUT2D eigenvalue weighted by atomic mass is 9.97. The summed E-state index contributed by atoms with van der Waals surface area (Å²) in [5.74, 6) is 0. The monoisotopic (exact) mass is 233 g/mol. The van der Waals surface area contributed by atoms with Crippen molar-refractivity contribution < 1.29 is 8.42 Å². The van der Waals surface area contributed by atoms with Crippen LogP contribution in [0.3, 0.4) is 0 Å². The third-order valence-corrected chi connectivity index (χ3v) is 5.20. The zero-order valence-corrected chi connectivity index (χ0v) is 11.2. The fourth-order valence-corrected chi connectivity index (χ4v) is 2.24. The molecule has 0 heterocycles. The summed E-state index contributed by atoms with van der Waals surface area (Å²) in [5.41, 5.74) is 1.08. The first-order chi connectivity index (χ1) is 6.63. The van der Waals surface area contributed by atoms with E-state index in [-0.39, 0.29) is 6.04 Å². The lowest BCUT2D eigenvalue weighted by Crippen LogP contribution is -2.50. The standard InChI is InChI=1S/C11H23NO2S/c1-9(2)7-8-10(12-5)11(3,4)15(6,13)14/h10,12H,1,7-8H2,2-6H3. The zero-order chi connectivity index (χ0) is 12.3. The Kier molecular flexibility index (Phi) is 5.00. The first kappa shape index (κ1) is 14.6. The Morgan fingerprint density at radius 1 is 1.47 bits per heavy atom. The maximum Gasteiger partial charge on any atom is 0.154 e. The van der Waals surface area contributed by atoms with Gasteiger partial charge in [-0.3, -0.25) is 0 Å². The average molecular weight is 233 g/mol. The maximum absolute atomic E-state index is 11.6. The van der Waals surface area contributed by atoms with Crippen LogP contribution in [0.4, 0.5) is 0 Å². The van der Waals surface area contributed by atoms with Crippen LogP contribution in [0.25, 0.3) is 0 Å². The smallest absolute Gasteiger partial charge is 0.154 e. The highest BCUT2D eigenvalue weighted by Crippen LogP contribution is 2.24. The van der Waals surface area contributed by atoms with Crippen LogP contribution in [-0.2, 0) is 9.84 Å². The van der Waals surface area contributed by atoms with E-state index in [2.05, 4.69) is 11.9 Å². The van der Waals surface area contributed by atoms with Crippen LogP contribution in [0.5, 0.6) is 0 Å². The summed E-state index contributed by atoms with van der Waals surface area (Å²) in [4.78, 5) is 0. The molecule has 90 valence electrons. The van der Waals surface area contributed by atoms with Crippen molar-refractivity contribution in [1.29, 1.82) is 0 Å². The van der Waals surface area contributed by atoms with Crippen molar-refractivity contribution in [3.8, 4) is 0 Å². The van der Waals surface area contributed by atoms with Gasteiger partial charge in [-0.05, 0) is 40.7 Å². The Hall–Kier alpha value is -0.350. The second kappa shape index (κ2) is 5.12. The van der Waals surface area contributed by atoms with Gasteiger partial charge in [-0.25, -0.2) is 8.42 Å². The van der Waals surface area contributed by atoms with E-state index in [1.165, 1.54) is 6.26 Å². The van der Waals surface area contributed by atoms with Gasteiger partial charge in [0.2, 0.25) is 0 Å². The van der Waals surface area contributed by atoms with Crippen molar-refractivity contribution in [3.63, 3.8) is 0 Å². The van der Waals surface area contributed by atoms with Crippen molar-refractivity contribution in [1.82, 2.24) is 5.32 Å². The van der Waals surface area contributed by atoms with Crippen LogP contribution in [-0.4, -0.2) is 32.5 Å². The third-order valence-electron chi connectivity index (χ3n) is 3.00. The Labute approximate surface area is 93.9 Å². The number of hydrogen-bond acceptors (Lipinski definition) is 3. The van der Waals surface area contributed by atoms with E-state index in [0.717, 1.165) is 18.4 Å². The second-order valence-electron chi connectivity index (χ2n) is 4.71. The van der Waals surface area contributed by atoms with Gasteiger partial charge in [-0.15, -0.1) is 6.58 Å². The molecule has 0 spiro atoms. The number of hydrogen-bond donors (Lipinski definition) is 1. The van der Waals surface area contributed by atoms with E-state index >= 15 is 0 Å². The van der Waals surface area contributed by atoms with Crippen molar-refractivity contribution >= 4 is 9.84 Å². The van der Waals surface area contributed by atoms with Crippen LogP contribution < -0.4 is 5.32 Å². The highest BCUT2D eigenvalue weighted by atomic mass is 32.2. The SMILES string of the molecule is C=C(C)CCC(NC)C(C)(C)S(C)(=O)=O. The molecule has 0 aliphatic rings. The Morgan fingerprint density at radius 2 is 1.93 bits per heavy atom. The minimum atomic E-state index is -3.05. The van der Waals surface area contributed by atoms with Gasteiger partial charge in [-0.2, -0.15) is 0 Å². The van der Waals surface area contributed by atoms with Crippen molar-refractivity contribution in [2.75, 3.05) is 13.3 Å². The summed E-state index contributed by atoms with van der Waals surface area (Å²) in [7, 11) is -1.25. The summed E-state index contributed by atoms with van der Waals surface area (Å²) in [5, 5.41) is 3.08. The summed E-state index contributed by atoms with van der Waals surface area (Å²) >= 11 is 0. The molecule has 15 heavy (non-hydrogen) atoms. The van der Waals surface area contributed by atoms with Crippen LogP contribution in [0.2, 0.25) is 0 Å². The van der Waals surface area contributed by atoms with Crippen molar-refractivity contribution in [2.45, 2.75) is 44.4 Å². The summed E-state index contributed by atoms with van der Waals surface area (Å²) in [6.07, 6.45) is 2.94. The molecule has 0 radical (unpaired) electrons. The van der Waals surface area contributed by atoms with Crippen LogP contribution in [0.15, 0.2) is 12.2 Å². The maximum atomic E-state index is 11.6. The summed E-state index contributed by atoms with van der Waals surface area (Å²) in [6.45, 7) is 9.32. The first-order valence-corrected chi connectivity index (χ1v) is 7.03. The quantitative estimate of drug-likeness (QED) is 0.711. The first-order valence-electron chi connectivity index (χ1n) is 5.14. The van der Waals surface area contributed by atoms with Gasteiger partial charge in [-0.1, -0.05) is 5.57 Å². The Balaban J connectivity index is 4.74. The molecule has 0 amide bonds. The lowest BCUT2D eigenvalue weighted by molar-refractivity contribution is 0.411. The van der Waals surface area contributed by atoms with E-state index in [9.17, 15) is 8.42 Å². The molecule has 0 aromatic carbocycles. The molecule has 0 saturated carbocycles. The minimum Gasteiger partial charge on any atom is -0.315 e.